The molecule has 0 aromatic carbocycles. The van der Waals surface area contributed by atoms with Gasteiger partial charge in [-0.3, -0.25) is 14.4 Å². The average molecular weight is 1140 g/mol. The molecule has 0 radical (unpaired) electrons. The van der Waals surface area contributed by atoms with Gasteiger partial charge in [-0.15, -0.1) is 0 Å². The van der Waals surface area contributed by atoms with E-state index >= 15 is 0 Å². The molecular formula is C75H138O6. The Morgan fingerprint density at radius 2 is 0.469 bits per heavy atom. The molecule has 0 saturated heterocycles. The molecule has 0 heterocycles. The second kappa shape index (κ2) is 69.9. The van der Waals surface area contributed by atoms with Gasteiger partial charge < -0.3 is 14.2 Å². The first kappa shape index (κ1) is 78.4. The second-order valence-corrected chi connectivity index (χ2v) is 24.5. The van der Waals surface area contributed by atoms with Gasteiger partial charge in [-0.1, -0.05) is 345 Å². The zero-order chi connectivity index (χ0) is 58.5. The average Bonchev–Trinajstić information content (AvgIpc) is 3.47. The number of carbonyl (C=O) groups excluding carboxylic acids is 3. The minimum atomic E-state index is -0.778. The number of hydrogen-bond donors (Lipinski definition) is 0. The fourth-order valence-corrected chi connectivity index (χ4v) is 10.9. The molecule has 1 unspecified atom stereocenters. The van der Waals surface area contributed by atoms with E-state index < -0.39 is 6.10 Å². The Morgan fingerprint density at radius 3 is 0.753 bits per heavy atom. The van der Waals surface area contributed by atoms with Crippen molar-refractivity contribution >= 4 is 17.9 Å². The zero-order valence-electron chi connectivity index (χ0n) is 54.6. The Hall–Kier alpha value is -2.63. The molecule has 0 bridgehead atoms. The van der Waals surface area contributed by atoms with Crippen molar-refractivity contribution in [2.75, 3.05) is 13.2 Å². The summed E-state index contributed by atoms with van der Waals surface area (Å²) in [6.45, 7) is 6.62. The highest BCUT2D eigenvalue weighted by Crippen LogP contribution is 2.19. The minimum absolute atomic E-state index is 0.0734. The molecule has 0 fully saturated rings. The van der Waals surface area contributed by atoms with Crippen LogP contribution in [0.1, 0.15) is 393 Å². The first-order valence-electron chi connectivity index (χ1n) is 36.1. The highest BCUT2D eigenvalue weighted by molar-refractivity contribution is 5.71. The van der Waals surface area contributed by atoms with E-state index in [2.05, 4.69) is 69.4 Å². The maximum atomic E-state index is 12.9. The number of unbranched alkanes of at least 4 members (excludes halogenated alkanes) is 48. The lowest BCUT2D eigenvalue weighted by atomic mass is 10.0. The maximum absolute atomic E-state index is 12.9. The molecule has 6 heteroatoms. The van der Waals surface area contributed by atoms with Gasteiger partial charge in [0.15, 0.2) is 6.10 Å². The predicted molar refractivity (Wildman–Crippen MR) is 353 cm³/mol. The highest BCUT2D eigenvalue weighted by Gasteiger charge is 2.19. The lowest BCUT2D eigenvalue weighted by Crippen LogP contribution is -2.30. The third-order valence-electron chi connectivity index (χ3n) is 16.3. The Morgan fingerprint density at radius 1 is 0.247 bits per heavy atom. The van der Waals surface area contributed by atoms with Gasteiger partial charge in [0.1, 0.15) is 13.2 Å². The molecule has 1 atom stereocenters. The van der Waals surface area contributed by atoms with E-state index in [1.807, 2.05) is 0 Å². The van der Waals surface area contributed by atoms with Gasteiger partial charge >= 0.3 is 17.9 Å². The quantitative estimate of drug-likeness (QED) is 0.0261. The van der Waals surface area contributed by atoms with E-state index in [4.69, 9.17) is 14.2 Å². The van der Waals surface area contributed by atoms with Crippen LogP contribution in [-0.2, 0) is 28.6 Å². The molecule has 0 aromatic heterocycles. The lowest BCUT2D eigenvalue weighted by molar-refractivity contribution is -0.167. The summed E-state index contributed by atoms with van der Waals surface area (Å²) in [5, 5.41) is 0. The van der Waals surface area contributed by atoms with Crippen LogP contribution in [0.3, 0.4) is 0 Å². The fraction of sp³-hybridized carbons (Fsp3) is 0.853. The molecule has 0 rings (SSSR count). The topological polar surface area (TPSA) is 78.9 Å². The number of hydrogen-bond acceptors (Lipinski definition) is 6. The number of carbonyl (C=O) groups is 3. The van der Waals surface area contributed by atoms with Gasteiger partial charge in [0, 0.05) is 19.3 Å². The minimum Gasteiger partial charge on any atom is -0.462 e. The standard InChI is InChI=1S/C75H138O6/c1-4-7-10-13-16-19-22-24-26-28-30-32-34-36-37-38-40-41-43-45-47-49-51-53-56-59-62-65-68-74(77)80-71-72(70-79-73(76)67-64-61-58-55-21-18-15-12-9-6-3)81-75(78)69-66-63-60-57-54-52-50-48-46-44-42-39-35-33-31-29-27-25-23-20-17-14-11-8-5-2/h12,15,23,25,29,31,35,39,72H,4-11,13-14,16-22,24,26-28,30,32-34,36-38,40-71H2,1-3H3/b15-12-,25-23-,31-29-,39-35-. The third kappa shape index (κ3) is 68.0. The van der Waals surface area contributed by atoms with E-state index in [0.29, 0.717) is 19.3 Å². The number of rotatable bonds is 67. The van der Waals surface area contributed by atoms with E-state index in [9.17, 15) is 14.4 Å². The molecule has 0 spiro atoms. The summed E-state index contributed by atoms with van der Waals surface area (Å²) in [6.07, 6.45) is 88.8. The number of ether oxygens (including phenoxy) is 3. The van der Waals surface area contributed by atoms with Crippen molar-refractivity contribution in [1.29, 1.82) is 0 Å². The molecule has 0 aliphatic rings. The lowest BCUT2D eigenvalue weighted by Gasteiger charge is -2.18. The van der Waals surface area contributed by atoms with Crippen molar-refractivity contribution in [2.24, 2.45) is 0 Å². The van der Waals surface area contributed by atoms with Crippen molar-refractivity contribution in [3.63, 3.8) is 0 Å². The van der Waals surface area contributed by atoms with E-state index in [0.717, 1.165) is 83.5 Å². The van der Waals surface area contributed by atoms with Crippen LogP contribution in [0.4, 0.5) is 0 Å². The molecular weight excluding hydrogens is 997 g/mol. The van der Waals surface area contributed by atoms with E-state index in [1.54, 1.807) is 0 Å². The van der Waals surface area contributed by atoms with Crippen molar-refractivity contribution in [2.45, 2.75) is 399 Å². The van der Waals surface area contributed by atoms with Gasteiger partial charge in [0.05, 0.1) is 0 Å². The first-order chi connectivity index (χ1) is 40.0. The molecule has 0 saturated carbocycles. The number of esters is 3. The van der Waals surface area contributed by atoms with Crippen LogP contribution in [0.5, 0.6) is 0 Å². The van der Waals surface area contributed by atoms with Crippen LogP contribution in [0.15, 0.2) is 48.6 Å². The summed E-state index contributed by atoms with van der Waals surface area (Å²) in [5.74, 6) is -0.865. The van der Waals surface area contributed by atoms with Crippen LogP contribution in [0.25, 0.3) is 0 Å². The predicted octanol–water partition coefficient (Wildman–Crippen LogP) is 24.9. The molecule has 0 N–H and O–H groups in total. The Kier molecular flexibility index (Phi) is 67.6. The maximum Gasteiger partial charge on any atom is 0.306 e. The first-order valence-corrected chi connectivity index (χ1v) is 36.1. The number of allylic oxidation sites excluding steroid dienone is 8. The summed E-state index contributed by atoms with van der Waals surface area (Å²) in [5.41, 5.74) is 0. The Labute approximate surface area is 505 Å². The molecule has 474 valence electrons. The summed E-state index contributed by atoms with van der Waals surface area (Å²) in [6, 6.07) is 0. The van der Waals surface area contributed by atoms with Gasteiger partial charge in [0.25, 0.3) is 0 Å². The monoisotopic (exact) mass is 1140 g/mol. The SMILES string of the molecule is CCC/C=C\CCCCCCCC(=O)OCC(COC(=O)CCCCCCCCCCCCCCCCCCCCCCCCCCCCCC)OC(=O)CCCCCCCCCCCC/C=C\C/C=C\C/C=C\CCCCCCC. The van der Waals surface area contributed by atoms with Gasteiger partial charge in [-0.2, -0.15) is 0 Å². The molecule has 0 amide bonds. The zero-order valence-corrected chi connectivity index (χ0v) is 54.6. The van der Waals surface area contributed by atoms with Crippen molar-refractivity contribution in [3.8, 4) is 0 Å². The Balaban J connectivity index is 4.14. The van der Waals surface area contributed by atoms with Crippen molar-refractivity contribution in [1.82, 2.24) is 0 Å². The van der Waals surface area contributed by atoms with Crippen LogP contribution in [-0.4, -0.2) is 37.2 Å². The van der Waals surface area contributed by atoms with Crippen LogP contribution in [0.2, 0.25) is 0 Å². The normalized spacial score (nSPS) is 12.3. The summed E-state index contributed by atoms with van der Waals surface area (Å²) >= 11 is 0. The highest BCUT2D eigenvalue weighted by atomic mass is 16.6. The smallest absolute Gasteiger partial charge is 0.306 e. The molecule has 0 aliphatic heterocycles. The van der Waals surface area contributed by atoms with Gasteiger partial charge in [-0.05, 0) is 77.0 Å². The molecule has 0 aromatic rings. The van der Waals surface area contributed by atoms with Crippen LogP contribution in [0, 0.1) is 0 Å². The van der Waals surface area contributed by atoms with E-state index in [1.165, 1.54) is 270 Å². The second-order valence-electron chi connectivity index (χ2n) is 24.5. The molecule has 0 aliphatic carbocycles. The summed E-state index contributed by atoms with van der Waals surface area (Å²) < 4.78 is 16.9. The van der Waals surface area contributed by atoms with Crippen LogP contribution >= 0.6 is 0 Å². The Bertz CT molecular complexity index is 1400. The largest absolute Gasteiger partial charge is 0.462 e. The summed E-state index contributed by atoms with van der Waals surface area (Å²) in [4.78, 5) is 38.3. The molecule has 81 heavy (non-hydrogen) atoms. The third-order valence-corrected chi connectivity index (χ3v) is 16.3. The van der Waals surface area contributed by atoms with Crippen molar-refractivity contribution < 1.29 is 28.6 Å². The van der Waals surface area contributed by atoms with E-state index in [-0.39, 0.29) is 31.1 Å². The summed E-state index contributed by atoms with van der Waals surface area (Å²) in [7, 11) is 0. The fourth-order valence-electron chi connectivity index (χ4n) is 10.9. The van der Waals surface area contributed by atoms with Gasteiger partial charge in [0.2, 0.25) is 0 Å². The van der Waals surface area contributed by atoms with Gasteiger partial charge in [-0.25, -0.2) is 0 Å². The van der Waals surface area contributed by atoms with Crippen molar-refractivity contribution in [3.05, 3.63) is 48.6 Å². The molecule has 6 nitrogen and oxygen atoms in total. The van der Waals surface area contributed by atoms with Crippen LogP contribution < -0.4 is 0 Å².